The molecule has 8 heteroatoms. The van der Waals surface area contributed by atoms with Gasteiger partial charge in [-0.05, 0) is 42.9 Å². The van der Waals surface area contributed by atoms with Gasteiger partial charge in [-0.3, -0.25) is 0 Å². The van der Waals surface area contributed by atoms with Crippen molar-refractivity contribution in [3.63, 3.8) is 0 Å². The van der Waals surface area contributed by atoms with E-state index in [0.717, 1.165) is 0 Å². The molecule has 1 heterocycles. The van der Waals surface area contributed by atoms with Gasteiger partial charge in [0.05, 0.1) is 11.0 Å². The number of hydrogen-bond donors (Lipinski definition) is 3. The molecule has 104 valence electrons. The Balaban J connectivity index is 2.19. The number of hydrogen-bond acceptors (Lipinski definition) is 4. The summed E-state index contributed by atoms with van der Waals surface area (Å²) in [4.78, 5) is 0.190. The standard InChI is InChI=1S/C11H15N3O3S2/c12-11(18)13-8-1-3-10(4-2-8)19(16,17)14-6-5-9(15)7-14/h1-4,9,15H,5-7H2,(H3,12,13,18)/t9-/m1/s1. The number of aliphatic hydroxyl groups is 1. The highest BCUT2D eigenvalue weighted by Crippen LogP contribution is 2.22. The van der Waals surface area contributed by atoms with Crippen molar-refractivity contribution >= 4 is 33.0 Å². The molecule has 0 radical (unpaired) electrons. The van der Waals surface area contributed by atoms with E-state index >= 15 is 0 Å². The van der Waals surface area contributed by atoms with E-state index in [4.69, 9.17) is 18.0 Å². The monoisotopic (exact) mass is 301 g/mol. The minimum atomic E-state index is -3.54. The second-order valence-electron chi connectivity index (χ2n) is 4.32. The maximum Gasteiger partial charge on any atom is 0.243 e. The van der Waals surface area contributed by atoms with Crippen molar-refractivity contribution in [1.29, 1.82) is 0 Å². The molecule has 4 N–H and O–H groups in total. The topological polar surface area (TPSA) is 95.7 Å². The Morgan fingerprint density at radius 3 is 2.53 bits per heavy atom. The van der Waals surface area contributed by atoms with Crippen LogP contribution in [0.4, 0.5) is 5.69 Å². The van der Waals surface area contributed by atoms with Crippen molar-refractivity contribution in [2.24, 2.45) is 5.73 Å². The summed E-state index contributed by atoms with van der Waals surface area (Å²) in [7, 11) is -3.54. The summed E-state index contributed by atoms with van der Waals surface area (Å²) in [6.07, 6.45) is -0.106. The summed E-state index contributed by atoms with van der Waals surface area (Å²) in [5.41, 5.74) is 5.96. The summed E-state index contributed by atoms with van der Waals surface area (Å²) in [6.45, 7) is 0.492. The molecule has 0 spiro atoms. The number of β-amino-alcohol motifs (C(OH)–C–C–N with tert-alkyl or cyclic N) is 1. The number of thiocarbonyl (C=S) groups is 1. The van der Waals surface area contributed by atoms with Gasteiger partial charge in [-0.25, -0.2) is 8.42 Å². The van der Waals surface area contributed by atoms with Crippen molar-refractivity contribution in [3.05, 3.63) is 24.3 Å². The zero-order chi connectivity index (χ0) is 14.0. The van der Waals surface area contributed by atoms with E-state index in [9.17, 15) is 13.5 Å². The van der Waals surface area contributed by atoms with Gasteiger partial charge in [-0.1, -0.05) is 0 Å². The fourth-order valence-corrected chi connectivity index (χ4v) is 3.54. The third-order valence-corrected chi connectivity index (χ3v) is 4.87. The Kier molecular flexibility index (Phi) is 4.04. The Bertz CT molecular complexity index is 571. The normalized spacial score (nSPS) is 20.4. The van der Waals surface area contributed by atoms with Crippen LogP contribution in [0.3, 0.4) is 0 Å². The highest BCUT2D eigenvalue weighted by atomic mass is 32.2. The van der Waals surface area contributed by atoms with E-state index < -0.39 is 16.1 Å². The average molecular weight is 301 g/mol. The van der Waals surface area contributed by atoms with E-state index in [-0.39, 0.29) is 16.6 Å². The van der Waals surface area contributed by atoms with Crippen molar-refractivity contribution in [3.8, 4) is 0 Å². The Morgan fingerprint density at radius 2 is 2.05 bits per heavy atom. The molecule has 0 aromatic heterocycles. The number of rotatable bonds is 3. The molecule has 1 atom stereocenters. The van der Waals surface area contributed by atoms with Gasteiger partial charge in [0, 0.05) is 18.8 Å². The first-order valence-corrected chi connectivity index (χ1v) is 7.59. The van der Waals surface area contributed by atoms with Crippen LogP contribution in [0.1, 0.15) is 6.42 Å². The molecule has 0 amide bonds. The third kappa shape index (κ3) is 3.21. The molecule has 0 unspecified atom stereocenters. The van der Waals surface area contributed by atoms with E-state index in [1.807, 2.05) is 0 Å². The smallest absolute Gasteiger partial charge is 0.243 e. The number of nitrogens with one attached hydrogen (secondary N) is 1. The summed E-state index contributed by atoms with van der Waals surface area (Å²) < 4.78 is 25.8. The van der Waals surface area contributed by atoms with Crippen molar-refractivity contribution in [2.45, 2.75) is 17.4 Å². The van der Waals surface area contributed by atoms with Crippen LogP contribution in [0.5, 0.6) is 0 Å². The number of nitrogens with zero attached hydrogens (tertiary/aromatic N) is 1. The quantitative estimate of drug-likeness (QED) is 0.685. The second kappa shape index (κ2) is 5.41. The van der Waals surface area contributed by atoms with Crippen LogP contribution in [0.2, 0.25) is 0 Å². The molecule has 1 fully saturated rings. The molecule has 0 saturated carbocycles. The molecule has 6 nitrogen and oxygen atoms in total. The first-order chi connectivity index (χ1) is 8.89. The molecule has 2 rings (SSSR count). The van der Waals surface area contributed by atoms with E-state index in [0.29, 0.717) is 18.7 Å². The van der Waals surface area contributed by atoms with E-state index in [2.05, 4.69) is 5.32 Å². The molecule has 1 aromatic carbocycles. The van der Waals surface area contributed by atoms with E-state index in [1.165, 1.54) is 16.4 Å². The number of nitrogens with two attached hydrogens (primary N) is 1. The Morgan fingerprint density at radius 1 is 1.42 bits per heavy atom. The number of aliphatic hydroxyl groups excluding tert-OH is 1. The minimum Gasteiger partial charge on any atom is -0.392 e. The van der Waals surface area contributed by atoms with E-state index in [1.54, 1.807) is 12.1 Å². The molecule has 0 bridgehead atoms. The zero-order valence-corrected chi connectivity index (χ0v) is 11.7. The molecule has 1 aliphatic rings. The predicted molar refractivity (Wildman–Crippen MR) is 76.2 cm³/mol. The molecule has 1 aromatic rings. The molecule has 19 heavy (non-hydrogen) atoms. The fourth-order valence-electron chi connectivity index (χ4n) is 1.93. The Labute approximate surface area is 117 Å². The van der Waals surface area contributed by atoms with Crippen molar-refractivity contribution < 1.29 is 13.5 Å². The lowest BCUT2D eigenvalue weighted by Gasteiger charge is -2.16. The molecule has 1 saturated heterocycles. The summed E-state index contributed by atoms with van der Waals surface area (Å²) >= 11 is 4.70. The van der Waals surface area contributed by atoms with Gasteiger partial charge < -0.3 is 16.2 Å². The average Bonchev–Trinajstić information content (AvgIpc) is 2.76. The lowest BCUT2D eigenvalue weighted by atomic mass is 10.3. The lowest BCUT2D eigenvalue weighted by Crippen LogP contribution is -2.29. The maximum absolute atomic E-state index is 12.3. The predicted octanol–water partition coefficient (Wildman–Crippen LogP) is 0.0974. The fraction of sp³-hybridized carbons (Fsp3) is 0.364. The number of benzene rings is 1. The van der Waals surface area contributed by atoms with Crippen LogP contribution in [0.25, 0.3) is 0 Å². The summed E-state index contributed by atoms with van der Waals surface area (Å²) in [6, 6.07) is 6.17. The van der Waals surface area contributed by atoms with Gasteiger partial charge in [-0.15, -0.1) is 0 Å². The van der Waals surface area contributed by atoms with Gasteiger partial charge in [0.1, 0.15) is 0 Å². The lowest BCUT2D eigenvalue weighted by molar-refractivity contribution is 0.189. The van der Waals surface area contributed by atoms with Crippen LogP contribution >= 0.6 is 12.2 Å². The summed E-state index contributed by atoms with van der Waals surface area (Å²) in [5, 5.41) is 12.3. The second-order valence-corrected chi connectivity index (χ2v) is 6.70. The number of anilines is 1. The van der Waals surface area contributed by atoms with Gasteiger partial charge in [-0.2, -0.15) is 4.31 Å². The SMILES string of the molecule is NC(=S)Nc1ccc(S(=O)(=O)N2CC[C@@H](O)C2)cc1. The highest BCUT2D eigenvalue weighted by Gasteiger charge is 2.31. The minimum absolute atomic E-state index is 0.123. The van der Waals surface area contributed by atoms with Gasteiger partial charge in [0.2, 0.25) is 10.0 Å². The highest BCUT2D eigenvalue weighted by molar-refractivity contribution is 7.89. The first kappa shape index (κ1) is 14.2. The van der Waals surface area contributed by atoms with Gasteiger partial charge in [0.25, 0.3) is 0 Å². The van der Waals surface area contributed by atoms with Gasteiger partial charge in [0.15, 0.2) is 5.11 Å². The molecule has 1 aliphatic heterocycles. The maximum atomic E-state index is 12.3. The molecule has 0 aliphatic carbocycles. The number of sulfonamides is 1. The third-order valence-electron chi connectivity index (χ3n) is 2.89. The zero-order valence-electron chi connectivity index (χ0n) is 10.1. The molecular weight excluding hydrogens is 286 g/mol. The van der Waals surface area contributed by atoms with Crippen molar-refractivity contribution in [1.82, 2.24) is 4.31 Å². The summed E-state index contributed by atoms with van der Waals surface area (Å²) in [5.74, 6) is 0. The van der Waals surface area contributed by atoms with Crippen LogP contribution in [0, 0.1) is 0 Å². The largest absolute Gasteiger partial charge is 0.392 e. The first-order valence-electron chi connectivity index (χ1n) is 5.74. The Hall–Kier alpha value is -1.22. The van der Waals surface area contributed by atoms with Crippen LogP contribution in [-0.4, -0.2) is 42.1 Å². The van der Waals surface area contributed by atoms with Crippen LogP contribution < -0.4 is 11.1 Å². The van der Waals surface area contributed by atoms with Crippen molar-refractivity contribution in [2.75, 3.05) is 18.4 Å². The van der Waals surface area contributed by atoms with Crippen LogP contribution in [0.15, 0.2) is 29.2 Å². The van der Waals surface area contributed by atoms with Crippen LogP contribution in [-0.2, 0) is 10.0 Å². The van der Waals surface area contributed by atoms with Gasteiger partial charge >= 0.3 is 0 Å². The molecular formula is C11H15N3O3S2.